The van der Waals surface area contributed by atoms with Crippen molar-refractivity contribution in [1.29, 1.82) is 0 Å². The molecule has 2 N–H and O–H groups in total. The summed E-state index contributed by atoms with van der Waals surface area (Å²) in [7, 11) is 0. The van der Waals surface area contributed by atoms with E-state index in [1.165, 1.54) is 6.07 Å². The fourth-order valence-corrected chi connectivity index (χ4v) is 2.39. The second-order valence-corrected chi connectivity index (χ2v) is 4.59. The van der Waals surface area contributed by atoms with Gasteiger partial charge in [0.05, 0.1) is 0 Å². The van der Waals surface area contributed by atoms with Crippen molar-refractivity contribution in [2.45, 2.75) is 13.0 Å². The van der Waals surface area contributed by atoms with E-state index in [4.69, 9.17) is 5.73 Å². The van der Waals surface area contributed by atoms with Crippen molar-refractivity contribution in [2.75, 3.05) is 0 Å². The molecule has 78 valence electrons. The maximum atomic E-state index is 13.5. The molecule has 0 aliphatic heterocycles. The molecule has 1 aromatic heterocycles. The number of hydrogen-bond acceptors (Lipinski definition) is 2. The molecule has 0 saturated carbocycles. The molecule has 0 aliphatic rings. The van der Waals surface area contributed by atoms with Gasteiger partial charge in [-0.15, -0.1) is 11.3 Å². The molecule has 0 saturated heterocycles. The predicted octanol–water partition coefficient (Wildman–Crippen LogP) is 3.57. The number of rotatable bonds is 2. The number of hydrogen-bond donors (Lipinski definition) is 1. The molecular formula is C12H12FNS. The van der Waals surface area contributed by atoms with E-state index >= 15 is 0 Å². The molecule has 0 bridgehead atoms. The van der Waals surface area contributed by atoms with Crippen molar-refractivity contribution >= 4 is 11.3 Å². The van der Waals surface area contributed by atoms with Crippen molar-refractivity contribution in [3.8, 4) is 10.4 Å². The van der Waals surface area contributed by atoms with E-state index in [0.29, 0.717) is 5.56 Å². The monoisotopic (exact) mass is 221 g/mol. The highest BCUT2D eigenvalue weighted by atomic mass is 32.1. The van der Waals surface area contributed by atoms with Gasteiger partial charge < -0.3 is 5.73 Å². The lowest BCUT2D eigenvalue weighted by molar-refractivity contribution is 0.631. The van der Waals surface area contributed by atoms with Gasteiger partial charge in [-0.1, -0.05) is 18.2 Å². The van der Waals surface area contributed by atoms with Gasteiger partial charge in [-0.2, -0.15) is 0 Å². The Balaban J connectivity index is 2.42. The first-order valence-corrected chi connectivity index (χ1v) is 5.60. The fraction of sp³-hybridized carbons (Fsp3) is 0.167. The highest BCUT2D eigenvalue weighted by molar-refractivity contribution is 7.15. The average Bonchev–Trinajstić information content (AvgIpc) is 2.67. The van der Waals surface area contributed by atoms with Crippen LogP contribution < -0.4 is 5.73 Å². The molecule has 0 radical (unpaired) electrons. The lowest BCUT2D eigenvalue weighted by Crippen LogP contribution is -2.01. The van der Waals surface area contributed by atoms with Crippen LogP contribution in [0.4, 0.5) is 4.39 Å². The summed E-state index contributed by atoms with van der Waals surface area (Å²) >= 11 is 1.54. The van der Waals surface area contributed by atoms with E-state index in [9.17, 15) is 4.39 Å². The minimum Gasteiger partial charge on any atom is -0.324 e. The highest BCUT2D eigenvalue weighted by Gasteiger charge is 2.08. The van der Waals surface area contributed by atoms with Crippen LogP contribution in [0.3, 0.4) is 0 Å². The summed E-state index contributed by atoms with van der Waals surface area (Å²) in [5.74, 6) is -0.185. The summed E-state index contributed by atoms with van der Waals surface area (Å²) < 4.78 is 13.5. The van der Waals surface area contributed by atoms with Gasteiger partial charge in [-0.3, -0.25) is 0 Å². The van der Waals surface area contributed by atoms with Gasteiger partial charge >= 0.3 is 0 Å². The topological polar surface area (TPSA) is 26.0 Å². The number of halogens is 1. The molecule has 3 heteroatoms. The number of nitrogens with two attached hydrogens (primary N) is 1. The smallest absolute Gasteiger partial charge is 0.131 e. The molecule has 0 aliphatic carbocycles. The SMILES string of the molecule is CC(N)c1ccc(-c2ccccc2F)s1. The molecule has 2 rings (SSSR count). The summed E-state index contributed by atoms with van der Waals surface area (Å²) in [4.78, 5) is 2.01. The maximum Gasteiger partial charge on any atom is 0.131 e. The van der Waals surface area contributed by atoms with E-state index in [0.717, 1.165) is 9.75 Å². The zero-order chi connectivity index (χ0) is 10.8. The summed E-state index contributed by atoms with van der Waals surface area (Å²) in [6.45, 7) is 1.93. The quantitative estimate of drug-likeness (QED) is 0.824. The third-order valence-corrected chi connectivity index (χ3v) is 3.53. The molecule has 0 spiro atoms. The maximum absolute atomic E-state index is 13.5. The molecule has 1 heterocycles. The lowest BCUT2D eigenvalue weighted by Gasteiger charge is -2.00. The Morgan fingerprint density at radius 3 is 2.53 bits per heavy atom. The molecule has 2 aromatic rings. The second-order valence-electron chi connectivity index (χ2n) is 3.47. The van der Waals surface area contributed by atoms with E-state index < -0.39 is 0 Å². The lowest BCUT2D eigenvalue weighted by atomic mass is 10.2. The van der Waals surface area contributed by atoms with Crippen LogP contribution >= 0.6 is 11.3 Å². The Hall–Kier alpha value is -1.19. The number of benzene rings is 1. The molecule has 1 atom stereocenters. The second kappa shape index (κ2) is 4.13. The van der Waals surface area contributed by atoms with E-state index in [1.807, 2.05) is 25.1 Å². The van der Waals surface area contributed by atoms with Gasteiger partial charge in [0.1, 0.15) is 5.82 Å². The Morgan fingerprint density at radius 2 is 1.93 bits per heavy atom. The van der Waals surface area contributed by atoms with E-state index in [1.54, 1.807) is 23.5 Å². The van der Waals surface area contributed by atoms with Crippen molar-refractivity contribution < 1.29 is 4.39 Å². The largest absolute Gasteiger partial charge is 0.324 e. The Kier molecular flexibility index (Phi) is 2.84. The normalized spacial score (nSPS) is 12.7. The van der Waals surface area contributed by atoms with Gasteiger partial charge in [-0.25, -0.2) is 4.39 Å². The van der Waals surface area contributed by atoms with Gasteiger partial charge in [0.25, 0.3) is 0 Å². The summed E-state index contributed by atoms with van der Waals surface area (Å²) in [6.07, 6.45) is 0. The third-order valence-electron chi connectivity index (χ3n) is 2.21. The first-order chi connectivity index (χ1) is 7.18. The van der Waals surface area contributed by atoms with Crippen LogP contribution in [0.25, 0.3) is 10.4 Å². The molecule has 1 unspecified atom stereocenters. The Labute approximate surface area is 92.4 Å². The van der Waals surface area contributed by atoms with Crippen LogP contribution in [0, 0.1) is 5.82 Å². The van der Waals surface area contributed by atoms with Gasteiger partial charge in [0, 0.05) is 21.4 Å². The molecule has 15 heavy (non-hydrogen) atoms. The van der Waals surface area contributed by atoms with Gasteiger partial charge in [0.15, 0.2) is 0 Å². The Bertz CT molecular complexity index is 462. The first-order valence-electron chi connectivity index (χ1n) is 4.78. The standard InChI is InChI=1S/C12H12FNS/c1-8(14)11-6-7-12(15-11)9-4-2-3-5-10(9)13/h2-8H,14H2,1H3. The summed E-state index contributed by atoms with van der Waals surface area (Å²) in [6, 6.07) is 10.7. The minimum atomic E-state index is -0.185. The minimum absolute atomic E-state index is 0.00974. The molecule has 1 nitrogen and oxygen atoms in total. The molecular weight excluding hydrogens is 209 g/mol. The average molecular weight is 221 g/mol. The van der Waals surface area contributed by atoms with Crippen LogP contribution in [-0.4, -0.2) is 0 Å². The molecule has 1 aromatic carbocycles. The van der Waals surface area contributed by atoms with Crippen molar-refractivity contribution in [3.63, 3.8) is 0 Å². The van der Waals surface area contributed by atoms with E-state index in [2.05, 4.69) is 0 Å². The third kappa shape index (κ3) is 2.08. The highest BCUT2D eigenvalue weighted by Crippen LogP contribution is 2.31. The van der Waals surface area contributed by atoms with Crippen molar-refractivity contribution in [1.82, 2.24) is 0 Å². The van der Waals surface area contributed by atoms with Crippen molar-refractivity contribution in [2.24, 2.45) is 5.73 Å². The van der Waals surface area contributed by atoms with Crippen LogP contribution in [0.15, 0.2) is 36.4 Å². The van der Waals surface area contributed by atoms with Crippen molar-refractivity contribution in [3.05, 3.63) is 47.1 Å². The van der Waals surface area contributed by atoms with E-state index in [-0.39, 0.29) is 11.9 Å². The Morgan fingerprint density at radius 1 is 1.20 bits per heavy atom. The van der Waals surface area contributed by atoms with Gasteiger partial charge in [-0.05, 0) is 25.1 Å². The zero-order valence-corrected chi connectivity index (χ0v) is 9.22. The number of thiophene rings is 1. The summed E-state index contributed by atoms with van der Waals surface area (Å²) in [5, 5.41) is 0. The predicted molar refractivity (Wildman–Crippen MR) is 62.3 cm³/mol. The zero-order valence-electron chi connectivity index (χ0n) is 8.41. The van der Waals surface area contributed by atoms with Gasteiger partial charge in [0.2, 0.25) is 0 Å². The molecule has 0 fully saturated rings. The summed E-state index contributed by atoms with van der Waals surface area (Å²) in [5.41, 5.74) is 6.41. The van der Waals surface area contributed by atoms with Crippen LogP contribution in [0.1, 0.15) is 17.8 Å². The van der Waals surface area contributed by atoms with Crippen LogP contribution in [-0.2, 0) is 0 Å². The van der Waals surface area contributed by atoms with Crippen LogP contribution in [0.2, 0.25) is 0 Å². The molecule has 0 amide bonds. The fourth-order valence-electron chi connectivity index (χ4n) is 1.40. The van der Waals surface area contributed by atoms with Crippen LogP contribution in [0.5, 0.6) is 0 Å². The first kappa shape index (κ1) is 10.3.